The molecule has 94 valence electrons. The quantitative estimate of drug-likeness (QED) is 0.820. The van der Waals surface area contributed by atoms with Gasteiger partial charge in [0.1, 0.15) is 11.6 Å². The highest BCUT2D eigenvalue weighted by Gasteiger charge is 2.41. The van der Waals surface area contributed by atoms with E-state index in [0.717, 1.165) is 6.07 Å². The Labute approximate surface area is 99.2 Å². The zero-order valence-electron chi connectivity index (χ0n) is 9.96. The SMILES string of the molecule is CC1(C)CC(O)(c2cc(F)cc(F)c2)CCO1. The Morgan fingerprint density at radius 1 is 1.18 bits per heavy atom. The molecule has 0 radical (unpaired) electrons. The van der Waals surface area contributed by atoms with Crippen molar-refractivity contribution in [1.29, 1.82) is 0 Å². The van der Waals surface area contributed by atoms with Crippen molar-refractivity contribution in [2.45, 2.75) is 37.9 Å². The van der Waals surface area contributed by atoms with Gasteiger partial charge in [0.05, 0.1) is 17.8 Å². The summed E-state index contributed by atoms with van der Waals surface area (Å²) in [6, 6.07) is 3.17. The summed E-state index contributed by atoms with van der Waals surface area (Å²) in [5.74, 6) is -1.34. The first-order chi connectivity index (χ1) is 7.81. The Balaban J connectivity index is 2.37. The Morgan fingerprint density at radius 3 is 2.29 bits per heavy atom. The summed E-state index contributed by atoms with van der Waals surface area (Å²) in [6.45, 7) is 4.08. The fourth-order valence-corrected chi connectivity index (χ4v) is 2.41. The van der Waals surface area contributed by atoms with E-state index in [-0.39, 0.29) is 5.56 Å². The van der Waals surface area contributed by atoms with E-state index in [9.17, 15) is 13.9 Å². The van der Waals surface area contributed by atoms with Crippen LogP contribution < -0.4 is 0 Å². The van der Waals surface area contributed by atoms with E-state index in [1.165, 1.54) is 12.1 Å². The Morgan fingerprint density at radius 2 is 1.76 bits per heavy atom. The molecule has 1 fully saturated rings. The first-order valence-electron chi connectivity index (χ1n) is 5.64. The first kappa shape index (κ1) is 12.5. The van der Waals surface area contributed by atoms with Crippen molar-refractivity contribution in [2.75, 3.05) is 6.61 Å². The molecule has 1 N–H and O–H groups in total. The average Bonchev–Trinajstić information content (AvgIpc) is 2.13. The molecule has 0 amide bonds. The Bertz CT molecular complexity index is 411. The van der Waals surface area contributed by atoms with Crippen LogP contribution in [-0.4, -0.2) is 17.3 Å². The monoisotopic (exact) mass is 242 g/mol. The molecule has 0 aromatic heterocycles. The van der Waals surface area contributed by atoms with Crippen molar-refractivity contribution in [3.63, 3.8) is 0 Å². The van der Waals surface area contributed by atoms with E-state index in [2.05, 4.69) is 0 Å². The van der Waals surface area contributed by atoms with Gasteiger partial charge < -0.3 is 9.84 Å². The molecule has 1 atom stereocenters. The zero-order chi connectivity index (χ0) is 12.7. The molecule has 0 saturated carbocycles. The highest BCUT2D eigenvalue weighted by molar-refractivity contribution is 5.25. The number of hydrogen-bond acceptors (Lipinski definition) is 2. The fourth-order valence-electron chi connectivity index (χ4n) is 2.41. The van der Waals surface area contributed by atoms with Gasteiger partial charge in [0.15, 0.2) is 0 Å². The van der Waals surface area contributed by atoms with Crippen LogP contribution in [0.3, 0.4) is 0 Å². The predicted octanol–water partition coefficient (Wildman–Crippen LogP) is 2.74. The number of ether oxygens (including phenoxy) is 1. The molecular weight excluding hydrogens is 226 g/mol. The number of halogens is 2. The first-order valence-corrected chi connectivity index (χ1v) is 5.64. The van der Waals surface area contributed by atoms with E-state index < -0.39 is 22.8 Å². The summed E-state index contributed by atoms with van der Waals surface area (Å²) in [5.41, 5.74) is -1.42. The maximum Gasteiger partial charge on any atom is 0.126 e. The molecule has 1 saturated heterocycles. The van der Waals surface area contributed by atoms with Gasteiger partial charge in [0.25, 0.3) is 0 Å². The number of benzene rings is 1. The summed E-state index contributed by atoms with van der Waals surface area (Å²) >= 11 is 0. The van der Waals surface area contributed by atoms with Crippen molar-refractivity contribution in [2.24, 2.45) is 0 Å². The standard InChI is InChI=1S/C13H16F2O2/c1-12(2)8-13(16,3-4-17-12)9-5-10(14)7-11(15)6-9/h5-7,16H,3-4,8H2,1-2H3. The number of rotatable bonds is 1. The lowest BCUT2D eigenvalue weighted by Crippen LogP contribution is -2.44. The van der Waals surface area contributed by atoms with E-state index >= 15 is 0 Å². The van der Waals surface area contributed by atoms with E-state index in [1.54, 1.807) is 0 Å². The molecule has 17 heavy (non-hydrogen) atoms. The summed E-state index contributed by atoms with van der Waals surface area (Å²) in [6.07, 6.45) is 0.669. The van der Waals surface area contributed by atoms with Crippen LogP contribution in [0.25, 0.3) is 0 Å². The summed E-state index contributed by atoms with van der Waals surface area (Å²) in [7, 11) is 0. The van der Waals surface area contributed by atoms with Crippen LogP contribution >= 0.6 is 0 Å². The second kappa shape index (κ2) is 4.03. The van der Waals surface area contributed by atoms with Crippen molar-refractivity contribution >= 4 is 0 Å². The van der Waals surface area contributed by atoms with Gasteiger partial charge in [-0.2, -0.15) is 0 Å². The Hall–Kier alpha value is -1.00. The molecule has 0 aliphatic carbocycles. The van der Waals surface area contributed by atoms with Gasteiger partial charge in [-0.1, -0.05) is 0 Å². The molecule has 1 aliphatic rings. The lowest BCUT2D eigenvalue weighted by atomic mass is 9.79. The molecule has 4 heteroatoms. The highest BCUT2D eigenvalue weighted by Crippen LogP contribution is 2.39. The third kappa shape index (κ3) is 2.64. The van der Waals surface area contributed by atoms with Crippen molar-refractivity contribution in [1.82, 2.24) is 0 Å². The van der Waals surface area contributed by atoms with Gasteiger partial charge in [-0.15, -0.1) is 0 Å². The average molecular weight is 242 g/mol. The minimum Gasteiger partial charge on any atom is -0.385 e. The molecule has 0 spiro atoms. The third-order valence-electron chi connectivity index (χ3n) is 3.13. The molecule has 1 unspecified atom stereocenters. The molecule has 1 aliphatic heterocycles. The van der Waals surface area contributed by atoms with Gasteiger partial charge >= 0.3 is 0 Å². The van der Waals surface area contributed by atoms with Crippen LogP contribution in [-0.2, 0) is 10.3 Å². The summed E-state index contributed by atoms with van der Waals surface area (Å²) in [4.78, 5) is 0. The van der Waals surface area contributed by atoms with Crippen LogP contribution in [0.4, 0.5) is 8.78 Å². The third-order valence-corrected chi connectivity index (χ3v) is 3.13. The van der Waals surface area contributed by atoms with E-state index in [0.29, 0.717) is 19.4 Å². The summed E-state index contributed by atoms with van der Waals surface area (Å²) in [5, 5.41) is 10.5. The molecule has 1 aromatic rings. The minimum absolute atomic E-state index is 0.284. The van der Waals surface area contributed by atoms with Gasteiger partial charge in [0.2, 0.25) is 0 Å². The second-order valence-corrected chi connectivity index (χ2v) is 5.22. The van der Waals surface area contributed by atoms with Gasteiger partial charge in [-0.25, -0.2) is 8.78 Å². The molecular formula is C13H16F2O2. The second-order valence-electron chi connectivity index (χ2n) is 5.22. The van der Waals surface area contributed by atoms with Crippen LogP contribution in [0.1, 0.15) is 32.3 Å². The maximum atomic E-state index is 13.2. The molecule has 1 heterocycles. The van der Waals surface area contributed by atoms with Crippen LogP contribution in [0.2, 0.25) is 0 Å². The minimum atomic E-state index is -1.22. The molecule has 1 aromatic carbocycles. The number of aliphatic hydroxyl groups is 1. The zero-order valence-corrected chi connectivity index (χ0v) is 9.96. The lowest BCUT2D eigenvalue weighted by Gasteiger charge is -2.41. The van der Waals surface area contributed by atoms with Crippen molar-refractivity contribution in [3.05, 3.63) is 35.4 Å². The van der Waals surface area contributed by atoms with E-state index in [1.807, 2.05) is 13.8 Å². The normalized spacial score (nSPS) is 28.1. The molecule has 2 rings (SSSR count). The fraction of sp³-hybridized carbons (Fsp3) is 0.538. The molecule has 2 nitrogen and oxygen atoms in total. The highest BCUT2D eigenvalue weighted by atomic mass is 19.1. The van der Waals surface area contributed by atoms with Crippen LogP contribution in [0, 0.1) is 11.6 Å². The topological polar surface area (TPSA) is 29.5 Å². The van der Waals surface area contributed by atoms with Crippen molar-refractivity contribution < 1.29 is 18.6 Å². The van der Waals surface area contributed by atoms with Crippen LogP contribution in [0.15, 0.2) is 18.2 Å². The van der Waals surface area contributed by atoms with Crippen LogP contribution in [0.5, 0.6) is 0 Å². The van der Waals surface area contributed by atoms with Gasteiger partial charge in [0, 0.05) is 18.9 Å². The Kier molecular flexibility index (Phi) is 2.96. The van der Waals surface area contributed by atoms with Gasteiger partial charge in [-0.05, 0) is 31.5 Å². The van der Waals surface area contributed by atoms with Crippen molar-refractivity contribution in [3.8, 4) is 0 Å². The maximum absolute atomic E-state index is 13.2. The van der Waals surface area contributed by atoms with Gasteiger partial charge in [-0.3, -0.25) is 0 Å². The number of hydrogen-bond donors (Lipinski definition) is 1. The lowest BCUT2D eigenvalue weighted by molar-refractivity contribution is -0.148. The van der Waals surface area contributed by atoms with E-state index in [4.69, 9.17) is 4.74 Å². The summed E-state index contributed by atoms with van der Waals surface area (Å²) < 4.78 is 31.8. The predicted molar refractivity (Wildman–Crippen MR) is 59.5 cm³/mol. The smallest absolute Gasteiger partial charge is 0.126 e. The largest absolute Gasteiger partial charge is 0.385 e. The molecule has 0 bridgehead atoms.